The van der Waals surface area contributed by atoms with Crippen LogP contribution in [0.15, 0.2) is 43.0 Å². The van der Waals surface area contributed by atoms with E-state index in [9.17, 15) is 5.11 Å². The Bertz CT molecular complexity index is 506. The summed E-state index contributed by atoms with van der Waals surface area (Å²) in [6.07, 6.45) is 6.19. The first-order chi connectivity index (χ1) is 11.3. The number of hydrogen-bond donors (Lipinski definition) is 1. The minimum Gasteiger partial charge on any atom is -0.393 e. The lowest BCUT2D eigenvalue weighted by molar-refractivity contribution is -0.317. The minimum atomic E-state index is -0.272. The Labute approximate surface area is 147 Å². The topological polar surface area (TPSA) is 32.7 Å². The van der Waals surface area contributed by atoms with E-state index in [0.717, 1.165) is 32.1 Å². The molecule has 1 N–H and O–H groups in total. The zero-order chi connectivity index (χ0) is 17.8. The fourth-order valence-electron chi connectivity index (χ4n) is 4.02. The average Bonchev–Trinajstić information content (AvgIpc) is 2.48. The molecule has 0 saturated carbocycles. The van der Waals surface area contributed by atoms with Gasteiger partial charge in [-0.1, -0.05) is 36.4 Å². The van der Waals surface area contributed by atoms with Crippen LogP contribution < -0.4 is 0 Å². The van der Waals surface area contributed by atoms with Gasteiger partial charge in [0.15, 0.2) is 0 Å². The molecule has 1 heterocycles. The van der Waals surface area contributed by atoms with E-state index in [1.165, 1.54) is 5.56 Å². The number of aliphatic hydroxyl groups excluding tert-OH is 1. The number of aliphatic hydroxyl groups is 1. The van der Waals surface area contributed by atoms with Crippen LogP contribution in [0.25, 0.3) is 0 Å². The van der Waals surface area contributed by atoms with Crippen LogP contribution >= 0.6 is 0 Å². The molecular formula is C21H33NO2. The molecule has 1 unspecified atom stereocenters. The molecule has 24 heavy (non-hydrogen) atoms. The molecule has 1 aromatic rings. The second kappa shape index (κ2) is 7.81. The smallest absolute Gasteiger partial charge is 0.104 e. The predicted molar refractivity (Wildman–Crippen MR) is 99.6 cm³/mol. The van der Waals surface area contributed by atoms with Crippen molar-refractivity contribution in [2.24, 2.45) is 0 Å². The summed E-state index contributed by atoms with van der Waals surface area (Å²) in [7, 11) is 0. The van der Waals surface area contributed by atoms with Crippen molar-refractivity contribution >= 4 is 0 Å². The number of allylic oxidation sites excluding steroid dienone is 1. The Morgan fingerprint density at radius 3 is 2.33 bits per heavy atom. The first kappa shape index (κ1) is 19.2. The molecule has 1 aliphatic rings. The highest BCUT2D eigenvalue weighted by Gasteiger charge is 2.47. The maximum atomic E-state index is 10.2. The standard InChI is InChI=1S/C21H33NO2/c1-6-7-9-14-19(17-12-10-8-11-13-17)24-22-20(2,3)15-18(23)16-21(22,4)5/h6,8,10-13,18-19,23H,1,7,9,14-16H2,2-5H3. The lowest BCUT2D eigenvalue weighted by atomic mass is 9.80. The first-order valence-corrected chi connectivity index (χ1v) is 9.07. The van der Waals surface area contributed by atoms with Crippen LogP contribution in [0.3, 0.4) is 0 Å². The van der Waals surface area contributed by atoms with E-state index in [1.54, 1.807) is 0 Å². The third-order valence-corrected chi connectivity index (χ3v) is 4.85. The van der Waals surface area contributed by atoms with Gasteiger partial charge in [0.25, 0.3) is 0 Å². The molecule has 134 valence electrons. The van der Waals surface area contributed by atoms with E-state index in [1.807, 2.05) is 12.1 Å². The van der Waals surface area contributed by atoms with Gasteiger partial charge in [-0.15, -0.1) is 6.58 Å². The van der Waals surface area contributed by atoms with E-state index < -0.39 is 0 Å². The van der Waals surface area contributed by atoms with Crippen LogP contribution in [0.4, 0.5) is 0 Å². The first-order valence-electron chi connectivity index (χ1n) is 9.07. The van der Waals surface area contributed by atoms with Crippen molar-refractivity contribution < 1.29 is 9.94 Å². The van der Waals surface area contributed by atoms with E-state index in [0.29, 0.717) is 0 Å². The molecule has 3 heteroatoms. The molecule has 0 bridgehead atoms. The number of piperidine rings is 1. The molecule has 1 fully saturated rings. The average molecular weight is 332 g/mol. The quantitative estimate of drug-likeness (QED) is 0.562. The summed E-state index contributed by atoms with van der Waals surface area (Å²) < 4.78 is 0. The maximum Gasteiger partial charge on any atom is 0.104 e. The van der Waals surface area contributed by atoms with Crippen molar-refractivity contribution in [2.75, 3.05) is 0 Å². The molecule has 1 aliphatic heterocycles. The summed E-state index contributed by atoms with van der Waals surface area (Å²) in [6, 6.07) is 10.4. The second-order valence-corrected chi connectivity index (χ2v) is 8.21. The van der Waals surface area contributed by atoms with Gasteiger partial charge in [0.05, 0.1) is 6.10 Å². The number of benzene rings is 1. The molecule has 0 amide bonds. The molecule has 0 radical (unpaired) electrons. The molecule has 0 spiro atoms. The number of nitrogens with zero attached hydrogens (tertiary/aromatic N) is 1. The third-order valence-electron chi connectivity index (χ3n) is 4.85. The van der Waals surface area contributed by atoms with Crippen molar-refractivity contribution in [2.45, 2.75) is 83.1 Å². The van der Waals surface area contributed by atoms with Gasteiger partial charge in [-0.05, 0) is 65.4 Å². The Hall–Kier alpha value is -1.16. The van der Waals surface area contributed by atoms with Gasteiger partial charge >= 0.3 is 0 Å². The molecule has 0 aliphatic carbocycles. The lowest BCUT2D eigenvalue weighted by Crippen LogP contribution is -2.61. The number of hydroxylamine groups is 2. The SMILES string of the molecule is C=CCCCC(ON1C(C)(C)CC(O)CC1(C)C)c1ccccc1. The minimum absolute atomic E-state index is 0.0277. The van der Waals surface area contributed by atoms with Crippen LogP contribution in [0, 0.1) is 0 Å². The summed E-state index contributed by atoms with van der Waals surface area (Å²) in [6.45, 7) is 12.4. The molecular weight excluding hydrogens is 298 g/mol. The van der Waals surface area contributed by atoms with Gasteiger partial charge in [0.2, 0.25) is 0 Å². The molecule has 0 aromatic heterocycles. The van der Waals surface area contributed by atoms with E-state index in [2.05, 4.69) is 63.6 Å². The van der Waals surface area contributed by atoms with Crippen molar-refractivity contribution in [3.8, 4) is 0 Å². The van der Waals surface area contributed by atoms with Gasteiger partial charge in [0.1, 0.15) is 6.10 Å². The van der Waals surface area contributed by atoms with Crippen LogP contribution in [0.1, 0.15) is 71.5 Å². The van der Waals surface area contributed by atoms with Crippen LogP contribution in [0.2, 0.25) is 0 Å². The fraction of sp³-hybridized carbons (Fsp3) is 0.619. The highest BCUT2D eigenvalue weighted by atomic mass is 16.7. The van der Waals surface area contributed by atoms with Crippen LogP contribution in [-0.4, -0.2) is 27.4 Å². The number of hydrogen-bond acceptors (Lipinski definition) is 3. The number of rotatable bonds is 7. The fourth-order valence-corrected chi connectivity index (χ4v) is 4.02. The van der Waals surface area contributed by atoms with Gasteiger partial charge in [-0.2, -0.15) is 5.06 Å². The summed E-state index contributed by atoms with van der Waals surface area (Å²) >= 11 is 0. The maximum absolute atomic E-state index is 10.2. The highest BCUT2D eigenvalue weighted by molar-refractivity contribution is 5.17. The van der Waals surface area contributed by atoms with Gasteiger partial charge < -0.3 is 5.11 Å². The van der Waals surface area contributed by atoms with E-state index in [4.69, 9.17) is 4.84 Å². The highest BCUT2D eigenvalue weighted by Crippen LogP contribution is 2.41. The van der Waals surface area contributed by atoms with Gasteiger partial charge in [0, 0.05) is 11.1 Å². The third kappa shape index (κ3) is 4.69. The number of unbranched alkanes of at least 4 members (excludes halogenated alkanes) is 1. The van der Waals surface area contributed by atoms with E-state index in [-0.39, 0.29) is 23.3 Å². The Kier molecular flexibility index (Phi) is 6.24. The van der Waals surface area contributed by atoms with Gasteiger partial charge in [-0.3, -0.25) is 4.84 Å². The monoisotopic (exact) mass is 331 g/mol. The summed E-state index contributed by atoms with van der Waals surface area (Å²) in [4.78, 5) is 6.59. The van der Waals surface area contributed by atoms with Crippen LogP contribution in [-0.2, 0) is 4.84 Å². The Morgan fingerprint density at radius 2 is 1.79 bits per heavy atom. The molecule has 1 aromatic carbocycles. The Morgan fingerprint density at radius 1 is 1.21 bits per heavy atom. The second-order valence-electron chi connectivity index (χ2n) is 8.21. The summed E-state index contributed by atoms with van der Waals surface area (Å²) in [5.41, 5.74) is 0.804. The summed E-state index contributed by atoms with van der Waals surface area (Å²) in [5.74, 6) is 0. The predicted octanol–water partition coefficient (Wildman–Crippen LogP) is 5.03. The van der Waals surface area contributed by atoms with E-state index >= 15 is 0 Å². The van der Waals surface area contributed by atoms with Crippen molar-refractivity contribution in [1.29, 1.82) is 0 Å². The zero-order valence-electron chi connectivity index (χ0n) is 15.7. The Balaban J connectivity index is 2.21. The molecule has 1 saturated heterocycles. The van der Waals surface area contributed by atoms with Crippen molar-refractivity contribution in [1.82, 2.24) is 5.06 Å². The molecule has 2 rings (SSSR count). The van der Waals surface area contributed by atoms with Gasteiger partial charge in [-0.25, -0.2) is 0 Å². The van der Waals surface area contributed by atoms with Crippen LogP contribution in [0.5, 0.6) is 0 Å². The lowest BCUT2D eigenvalue weighted by Gasteiger charge is -2.53. The van der Waals surface area contributed by atoms with Crippen molar-refractivity contribution in [3.05, 3.63) is 48.6 Å². The molecule has 3 nitrogen and oxygen atoms in total. The zero-order valence-corrected chi connectivity index (χ0v) is 15.7. The normalized spacial score (nSPS) is 22.2. The largest absolute Gasteiger partial charge is 0.393 e. The van der Waals surface area contributed by atoms with Crippen molar-refractivity contribution in [3.63, 3.8) is 0 Å². The molecule has 1 atom stereocenters. The summed E-state index contributed by atoms with van der Waals surface area (Å²) in [5, 5.41) is 12.4.